The molecule has 166 valence electrons. The van der Waals surface area contributed by atoms with Gasteiger partial charge >= 0.3 is 0 Å². The first-order valence-electron chi connectivity index (χ1n) is 10.3. The van der Waals surface area contributed by atoms with Gasteiger partial charge in [0.15, 0.2) is 5.13 Å². The molecule has 0 radical (unpaired) electrons. The first-order valence-corrected chi connectivity index (χ1v) is 12.6. The first-order chi connectivity index (χ1) is 14.7. The van der Waals surface area contributed by atoms with Crippen LogP contribution in [0, 0.1) is 12.8 Å². The number of rotatable bonds is 4. The van der Waals surface area contributed by atoms with Gasteiger partial charge in [-0.15, -0.1) is 11.3 Å². The maximum Gasteiger partial charge on any atom is 0.243 e. The van der Waals surface area contributed by atoms with Crippen molar-refractivity contribution in [2.45, 2.75) is 51.0 Å². The van der Waals surface area contributed by atoms with Crippen molar-refractivity contribution in [3.63, 3.8) is 0 Å². The van der Waals surface area contributed by atoms with Gasteiger partial charge in [-0.2, -0.15) is 4.31 Å². The number of benzene rings is 1. The number of aromatic nitrogens is 1. The van der Waals surface area contributed by atoms with Crippen molar-refractivity contribution in [1.82, 2.24) is 9.29 Å². The number of hydrogen-bond donors (Lipinski definition) is 1. The summed E-state index contributed by atoms with van der Waals surface area (Å²) in [6, 6.07) is 5.00. The predicted octanol–water partition coefficient (Wildman–Crippen LogP) is 2.79. The van der Waals surface area contributed by atoms with Crippen molar-refractivity contribution in [3.8, 4) is 0 Å². The third kappa shape index (κ3) is 4.24. The van der Waals surface area contributed by atoms with Crippen LogP contribution in [0.2, 0.25) is 0 Å². The summed E-state index contributed by atoms with van der Waals surface area (Å²) in [5.41, 5.74) is 2.51. The molecule has 2 aliphatic heterocycles. The van der Waals surface area contributed by atoms with Gasteiger partial charge in [-0.25, -0.2) is 13.4 Å². The summed E-state index contributed by atoms with van der Waals surface area (Å²) in [6.45, 7) is 5.94. The van der Waals surface area contributed by atoms with Crippen LogP contribution in [0.25, 0.3) is 0 Å². The second-order valence-electron chi connectivity index (χ2n) is 8.19. The summed E-state index contributed by atoms with van der Waals surface area (Å²) in [5, 5.41) is 5.28. The van der Waals surface area contributed by atoms with Crippen molar-refractivity contribution in [1.29, 1.82) is 0 Å². The molecular formula is C21H26N4O4S2. The maximum absolute atomic E-state index is 13.2. The Morgan fingerprint density at radius 1 is 1.23 bits per heavy atom. The van der Waals surface area contributed by atoms with E-state index in [-0.39, 0.29) is 28.7 Å². The Labute approximate surface area is 186 Å². The van der Waals surface area contributed by atoms with E-state index in [0.29, 0.717) is 37.5 Å². The quantitative estimate of drug-likeness (QED) is 0.753. The Hall–Kier alpha value is -2.30. The van der Waals surface area contributed by atoms with Crippen LogP contribution in [0.3, 0.4) is 0 Å². The van der Waals surface area contributed by atoms with Gasteiger partial charge in [-0.05, 0) is 56.9 Å². The van der Waals surface area contributed by atoms with E-state index in [1.165, 1.54) is 22.6 Å². The monoisotopic (exact) mass is 462 g/mol. The Bertz CT molecular complexity index is 1120. The number of carbonyl (C=O) groups excluding carboxylic acids is 2. The number of fused-ring (bicyclic) bond motifs is 1. The molecule has 31 heavy (non-hydrogen) atoms. The molecule has 2 aromatic rings. The van der Waals surface area contributed by atoms with Crippen molar-refractivity contribution in [2.24, 2.45) is 5.92 Å². The van der Waals surface area contributed by atoms with E-state index in [4.69, 9.17) is 0 Å². The Morgan fingerprint density at radius 2 is 1.94 bits per heavy atom. The Balaban J connectivity index is 1.43. The molecule has 1 atom stereocenters. The van der Waals surface area contributed by atoms with E-state index in [0.717, 1.165) is 16.9 Å². The molecule has 1 N–H and O–H groups in total. The summed E-state index contributed by atoms with van der Waals surface area (Å²) < 4.78 is 27.8. The molecule has 0 bridgehead atoms. The number of nitrogens with zero attached hydrogens (tertiary/aromatic N) is 3. The highest BCUT2D eigenvalue weighted by atomic mass is 32.2. The van der Waals surface area contributed by atoms with Gasteiger partial charge in [0, 0.05) is 43.0 Å². The number of sulfonamides is 1. The summed E-state index contributed by atoms with van der Waals surface area (Å²) in [5.74, 6) is -0.391. The lowest BCUT2D eigenvalue weighted by Gasteiger charge is -2.30. The largest absolute Gasteiger partial charge is 0.309 e. The van der Waals surface area contributed by atoms with E-state index in [1.807, 2.05) is 19.2 Å². The molecule has 1 aromatic heterocycles. The summed E-state index contributed by atoms with van der Waals surface area (Å²) in [4.78, 5) is 30.6. The number of nitrogens with one attached hydrogen (secondary N) is 1. The SMILES string of the molecule is CC(=O)N1c2ccc(S(=O)(=O)N3CCC(C(=O)Nc4nc(C)cs4)CC3)cc2C[C@H]1C. The number of aryl methyl sites for hydroxylation is 1. The summed E-state index contributed by atoms with van der Waals surface area (Å²) in [6.07, 6.45) is 1.57. The molecular weight excluding hydrogens is 436 g/mol. The fourth-order valence-corrected chi connectivity index (χ4v) is 6.59. The van der Waals surface area contributed by atoms with E-state index in [1.54, 1.807) is 23.1 Å². The Morgan fingerprint density at radius 3 is 2.55 bits per heavy atom. The molecule has 4 rings (SSSR count). The smallest absolute Gasteiger partial charge is 0.243 e. The fraction of sp³-hybridized carbons (Fsp3) is 0.476. The van der Waals surface area contributed by atoms with Gasteiger partial charge in [0.2, 0.25) is 21.8 Å². The molecule has 0 saturated carbocycles. The number of amides is 2. The molecule has 2 aliphatic rings. The van der Waals surface area contributed by atoms with Gasteiger partial charge in [0.1, 0.15) is 0 Å². The maximum atomic E-state index is 13.2. The van der Waals surface area contributed by atoms with Gasteiger partial charge in [0.25, 0.3) is 0 Å². The fourth-order valence-electron chi connectivity index (χ4n) is 4.37. The zero-order valence-electron chi connectivity index (χ0n) is 17.8. The molecule has 0 aliphatic carbocycles. The van der Waals surface area contributed by atoms with Crippen LogP contribution in [0.5, 0.6) is 0 Å². The zero-order chi connectivity index (χ0) is 22.3. The van der Waals surface area contributed by atoms with E-state index in [9.17, 15) is 18.0 Å². The Kier molecular flexibility index (Phi) is 5.89. The predicted molar refractivity (Wildman–Crippen MR) is 120 cm³/mol. The van der Waals surface area contributed by atoms with Gasteiger partial charge in [-0.1, -0.05) is 0 Å². The van der Waals surface area contributed by atoms with Crippen LogP contribution < -0.4 is 10.2 Å². The highest BCUT2D eigenvalue weighted by Gasteiger charge is 2.34. The van der Waals surface area contributed by atoms with Crippen LogP contribution in [-0.2, 0) is 26.0 Å². The van der Waals surface area contributed by atoms with E-state index < -0.39 is 10.0 Å². The number of carbonyl (C=O) groups is 2. The highest BCUT2D eigenvalue weighted by molar-refractivity contribution is 7.89. The minimum absolute atomic E-state index is 0.0151. The normalized spacial score (nSPS) is 20.0. The third-order valence-electron chi connectivity index (χ3n) is 5.92. The number of piperidine rings is 1. The van der Waals surface area contributed by atoms with E-state index >= 15 is 0 Å². The second kappa shape index (κ2) is 8.33. The van der Waals surface area contributed by atoms with Gasteiger partial charge < -0.3 is 10.2 Å². The lowest BCUT2D eigenvalue weighted by molar-refractivity contribution is -0.121. The van der Waals surface area contributed by atoms with Gasteiger partial charge in [-0.3, -0.25) is 9.59 Å². The first kappa shape index (κ1) is 21.9. The molecule has 0 spiro atoms. The standard InChI is InChI=1S/C21H26N4O4S2/c1-13-12-30-21(22-13)23-20(27)16-6-8-24(9-7-16)31(28,29)18-4-5-19-17(11-18)10-14(2)25(19)15(3)26/h4-5,11-12,14,16H,6-10H2,1-3H3,(H,22,23,27)/t14-/m1/s1. The molecule has 1 saturated heterocycles. The molecule has 8 nitrogen and oxygen atoms in total. The third-order valence-corrected chi connectivity index (χ3v) is 8.69. The minimum atomic E-state index is -3.66. The van der Waals surface area contributed by atoms with Crippen LogP contribution in [0.15, 0.2) is 28.5 Å². The minimum Gasteiger partial charge on any atom is -0.309 e. The number of anilines is 2. The number of hydrogen-bond acceptors (Lipinski definition) is 6. The molecule has 2 amide bonds. The molecule has 3 heterocycles. The van der Waals surface area contributed by atoms with Crippen molar-refractivity contribution >= 4 is 44.0 Å². The highest BCUT2D eigenvalue weighted by Crippen LogP contribution is 2.35. The van der Waals surface area contributed by atoms with Crippen LogP contribution in [0.4, 0.5) is 10.8 Å². The topological polar surface area (TPSA) is 99.7 Å². The van der Waals surface area contributed by atoms with Crippen molar-refractivity contribution < 1.29 is 18.0 Å². The van der Waals surface area contributed by atoms with E-state index in [2.05, 4.69) is 10.3 Å². The van der Waals surface area contributed by atoms with Crippen LogP contribution in [0.1, 0.15) is 37.9 Å². The van der Waals surface area contributed by atoms with Crippen LogP contribution in [-0.4, -0.2) is 48.7 Å². The average Bonchev–Trinajstić information content (AvgIpc) is 3.28. The number of thiazole rings is 1. The molecule has 0 unspecified atom stereocenters. The van der Waals surface area contributed by atoms with Crippen molar-refractivity contribution in [2.75, 3.05) is 23.3 Å². The molecule has 1 fully saturated rings. The van der Waals surface area contributed by atoms with Crippen molar-refractivity contribution in [3.05, 3.63) is 34.8 Å². The lowest BCUT2D eigenvalue weighted by atomic mass is 9.97. The van der Waals surface area contributed by atoms with Crippen LogP contribution >= 0.6 is 11.3 Å². The lowest BCUT2D eigenvalue weighted by Crippen LogP contribution is -2.41. The molecule has 1 aromatic carbocycles. The second-order valence-corrected chi connectivity index (χ2v) is 11.0. The zero-order valence-corrected chi connectivity index (χ0v) is 19.4. The summed E-state index contributed by atoms with van der Waals surface area (Å²) >= 11 is 1.38. The molecule has 10 heteroatoms. The average molecular weight is 463 g/mol. The van der Waals surface area contributed by atoms with Gasteiger partial charge in [0.05, 0.1) is 10.6 Å². The summed E-state index contributed by atoms with van der Waals surface area (Å²) in [7, 11) is -3.66.